The van der Waals surface area contributed by atoms with Crippen LogP contribution in [-0.2, 0) is 66.5 Å². The Morgan fingerprint density at radius 1 is 0.500 bits per heavy atom. The molecule has 6 rings (SSSR count). The number of esters is 4. The minimum Gasteiger partial charge on any atom is -0.457 e. The molecule has 0 amide bonds. The molecular weight excluding hydrogens is 592 g/mol. The second-order valence-electron chi connectivity index (χ2n) is 11.4. The SMILES string of the molecule is C=C(CC(=O)OC1COC2C(OC(=O)C(=C)CC(=O)OC3COC4C(O)COC34)COC12)C(=O)OC1COC2C(O)COC12. The molecule has 242 valence electrons. The molecule has 0 aromatic rings. The van der Waals surface area contributed by atoms with Crippen molar-refractivity contribution in [2.45, 2.75) is 86.1 Å². The Morgan fingerprint density at radius 2 is 0.795 bits per heavy atom. The van der Waals surface area contributed by atoms with Crippen LogP contribution in [0.2, 0.25) is 0 Å². The fourth-order valence-corrected chi connectivity index (χ4v) is 6.08. The molecule has 0 aromatic carbocycles. The van der Waals surface area contributed by atoms with Gasteiger partial charge in [0.15, 0.2) is 24.4 Å². The highest BCUT2D eigenvalue weighted by molar-refractivity contribution is 5.94. The van der Waals surface area contributed by atoms with E-state index in [2.05, 4.69) is 13.2 Å². The lowest BCUT2D eigenvalue weighted by Gasteiger charge is -2.19. The van der Waals surface area contributed by atoms with Crippen LogP contribution in [-0.4, -0.2) is 147 Å². The van der Waals surface area contributed by atoms with Crippen molar-refractivity contribution in [3.8, 4) is 0 Å². The summed E-state index contributed by atoms with van der Waals surface area (Å²) in [6, 6.07) is 0. The van der Waals surface area contributed by atoms with Crippen LogP contribution in [0, 0.1) is 0 Å². The average molecular weight is 627 g/mol. The third kappa shape index (κ3) is 6.25. The number of hydrogen-bond acceptors (Lipinski definition) is 16. The number of hydrogen-bond donors (Lipinski definition) is 2. The first-order valence-electron chi connectivity index (χ1n) is 14.3. The van der Waals surface area contributed by atoms with Crippen LogP contribution < -0.4 is 0 Å². The van der Waals surface area contributed by atoms with Crippen LogP contribution in [0.25, 0.3) is 0 Å². The van der Waals surface area contributed by atoms with Gasteiger partial charge in [-0.05, 0) is 0 Å². The molecule has 44 heavy (non-hydrogen) atoms. The minimum atomic E-state index is -0.848. The van der Waals surface area contributed by atoms with Gasteiger partial charge < -0.3 is 57.6 Å². The van der Waals surface area contributed by atoms with Crippen molar-refractivity contribution in [3.63, 3.8) is 0 Å². The zero-order valence-corrected chi connectivity index (χ0v) is 23.6. The molecule has 6 aliphatic heterocycles. The first-order chi connectivity index (χ1) is 21.1. The van der Waals surface area contributed by atoms with E-state index in [1.165, 1.54) is 0 Å². The van der Waals surface area contributed by atoms with E-state index in [1.807, 2.05) is 0 Å². The van der Waals surface area contributed by atoms with Gasteiger partial charge in [-0.15, -0.1) is 0 Å². The first kappa shape index (κ1) is 31.0. The summed E-state index contributed by atoms with van der Waals surface area (Å²) in [5, 5.41) is 19.6. The predicted octanol–water partition coefficient (Wildman–Crippen LogP) is -2.36. The molecule has 12 unspecified atom stereocenters. The van der Waals surface area contributed by atoms with Crippen molar-refractivity contribution in [1.29, 1.82) is 0 Å². The van der Waals surface area contributed by atoms with Gasteiger partial charge in [0, 0.05) is 11.1 Å². The molecule has 16 nitrogen and oxygen atoms in total. The monoisotopic (exact) mass is 626 g/mol. The lowest BCUT2D eigenvalue weighted by atomic mass is 10.1. The van der Waals surface area contributed by atoms with Crippen LogP contribution in [0.1, 0.15) is 12.8 Å². The Bertz CT molecular complexity index is 1190. The van der Waals surface area contributed by atoms with E-state index in [1.54, 1.807) is 0 Å². The van der Waals surface area contributed by atoms with Crippen LogP contribution in [0.3, 0.4) is 0 Å². The molecule has 6 heterocycles. The van der Waals surface area contributed by atoms with Gasteiger partial charge in [0.2, 0.25) is 0 Å². The quantitative estimate of drug-likeness (QED) is 0.148. The Kier molecular flexibility index (Phi) is 9.03. The molecule has 0 saturated carbocycles. The fourth-order valence-electron chi connectivity index (χ4n) is 6.08. The van der Waals surface area contributed by atoms with Crippen molar-refractivity contribution in [1.82, 2.24) is 0 Å². The van der Waals surface area contributed by atoms with Crippen molar-refractivity contribution >= 4 is 23.9 Å². The third-order valence-corrected chi connectivity index (χ3v) is 8.30. The summed E-state index contributed by atoms with van der Waals surface area (Å²) in [6.45, 7) is 7.43. The maximum Gasteiger partial charge on any atom is 0.334 e. The summed E-state index contributed by atoms with van der Waals surface area (Å²) < 4.78 is 54.7. The number of fused-ring (bicyclic) bond motifs is 3. The number of aliphatic hydroxyl groups is 2. The molecule has 0 bridgehead atoms. The molecule has 12 atom stereocenters. The Morgan fingerprint density at radius 3 is 1.18 bits per heavy atom. The maximum atomic E-state index is 12.6. The van der Waals surface area contributed by atoms with Crippen LogP contribution in [0.5, 0.6) is 0 Å². The van der Waals surface area contributed by atoms with Gasteiger partial charge in [-0.1, -0.05) is 13.2 Å². The van der Waals surface area contributed by atoms with Gasteiger partial charge in [0.1, 0.15) is 48.8 Å². The van der Waals surface area contributed by atoms with Crippen LogP contribution in [0.4, 0.5) is 0 Å². The van der Waals surface area contributed by atoms with Crippen LogP contribution >= 0.6 is 0 Å². The summed E-state index contributed by atoms with van der Waals surface area (Å²) in [7, 11) is 0. The van der Waals surface area contributed by atoms with Crippen molar-refractivity contribution in [2.24, 2.45) is 0 Å². The highest BCUT2D eigenvalue weighted by Gasteiger charge is 2.52. The summed E-state index contributed by atoms with van der Waals surface area (Å²) in [5.74, 6) is -3.16. The van der Waals surface area contributed by atoms with E-state index in [9.17, 15) is 29.4 Å². The van der Waals surface area contributed by atoms with E-state index < -0.39 is 110 Å². The van der Waals surface area contributed by atoms with E-state index in [-0.39, 0.29) is 50.8 Å². The van der Waals surface area contributed by atoms with Crippen molar-refractivity contribution in [2.75, 3.05) is 39.6 Å². The van der Waals surface area contributed by atoms with E-state index in [0.29, 0.717) is 0 Å². The number of carbonyl (C=O) groups excluding carboxylic acids is 4. The molecule has 6 fully saturated rings. The number of aliphatic hydroxyl groups excluding tert-OH is 2. The summed E-state index contributed by atoms with van der Waals surface area (Å²) in [4.78, 5) is 50.1. The summed E-state index contributed by atoms with van der Waals surface area (Å²) >= 11 is 0. The van der Waals surface area contributed by atoms with Gasteiger partial charge in [-0.25, -0.2) is 9.59 Å². The topological polar surface area (TPSA) is 201 Å². The van der Waals surface area contributed by atoms with Crippen molar-refractivity contribution in [3.05, 3.63) is 24.3 Å². The lowest BCUT2D eigenvalue weighted by molar-refractivity contribution is -0.157. The first-order valence-corrected chi connectivity index (χ1v) is 14.3. The van der Waals surface area contributed by atoms with E-state index in [0.717, 1.165) is 0 Å². The molecule has 0 aliphatic carbocycles. The highest BCUT2D eigenvalue weighted by Crippen LogP contribution is 2.33. The minimum absolute atomic E-state index is 0.0378. The third-order valence-electron chi connectivity index (χ3n) is 8.30. The van der Waals surface area contributed by atoms with Gasteiger partial charge in [0.05, 0.1) is 52.5 Å². The Hall–Kier alpha value is -2.96. The zero-order chi connectivity index (χ0) is 31.1. The second kappa shape index (κ2) is 12.8. The standard InChI is InChI=1S/C28H34O16/c1-11(27(33)43-17-9-38-22-14(30)6-36-24(17)22)4-20(32)42-16-8-39-26-18(10-40-25(16)26)44-28(34)12(2)3-19(31)41-15-7-37-21-13(29)5-35-23(15)21/h13-18,21-26,29-30H,1-10H2. The Balaban J connectivity index is 0.911. The zero-order valence-electron chi connectivity index (χ0n) is 23.6. The van der Waals surface area contributed by atoms with Crippen molar-refractivity contribution < 1.29 is 76.8 Å². The molecule has 16 heteroatoms. The van der Waals surface area contributed by atoms with Gasteiger partial charge >= 0.3 is 23.9 Å². The molecule has 0 radical (unpaired) electrons. The second-order valence-corrected chi connectivity index (χ2v) is 11.4. The van der Waals surface area contributed by atoms with Gasteiger partial charge in [-0.2, -0.15) is 0 Å². The normalized spacial score (nSPS) is 40.1. The number of carbonyl (C=O) groups is 4. The molecule has 0 spiro atoms. The van der Waals surface area contributed by atoms with E-state index >= 15 is 0 Å². The smallest absolute Gasteiger partial charge is 0.334 e. The maximum absolute atomic E-state index is 12.6. The molecular formula is C28H34O16. The van der Waals surface area contributed by atoms with Gasteiger partial charge in [-0.3, -0.25) is 9.59 Å². The molecule has 6 saturated heterocycles. The summed E-state index contributed by atoms with van der Waals surface area (Å²) in [6.07, 6.45) is -9.37. The average Bonchev–Trinajstić information content (AvgIpc) is 3.81. The largest absolute Gasteiger partial charge is 0.457 e. The van der Waals surface area contributed by atoms with E-state index in [4.69, 9.17) is 47.4 Å². The Labute approximate surface area is 251 Å². The number of rotatable bonds is 10. The predicted molar refractivity (Wildman–Crippen MR) is 137 cm³/mol. The van der Waals surface area contributed by atoms with Crippen LogP contribution in [0.15, 0.2) is 24.3 Å². The van der Waals surface area contributed by atoms with Gasteiger partial charge in [0.25, 0.3) is 0 Å². The number of ether oxygens (including phenoxy) is 10. The molecule has 6 aliphatic rings. The summed E-state index contributed by atoms with van der Waals surface area (Å²) in [5.41, 5.74) is -0.291. The lowest BCUT2D eigenvalue weighted by Crippen LogP contribution is -2.36. The molecule has 0 aromatic heterocycles. The molecule has 2 N–H and O–H groups in total. The fraction of sp³-hybridized carbons (Fsp3) is 0.714. The highest BCUT2D eigenvalue weighted by atomic mass is 16.7.